The molecule has 2 atom stereocenters. The van der Waals surface area contributed by atoms with Gasteiger partial charge in [0.1, 0.15) is 5.78 Å². The van der Waals surface area contributed by atoms with Gasteiger partial charge in [-0.3, -0.25) is 4.79 Å². The zero-order valence-electron chi connectivity index (χ0n) is 12.5. The lowest BCUT2D eigenvalue weighted by molar-refractivity contribution is -0.129. The Morgan fingerprint density at radius 2 is 1.89 bits per heavy atom. The number of hydrogen-bond acceptors (Lipinski definition) is 1. The number of rotatable bonds is 4. The maximum absolute atomic E-state index is 12.9. The lowest BCUT2D eigenvalue weighted by Gasteiger charge is -2.33. The SMILES string of the molecule is CCC1CCCC(C(=O)C(C)(C)c2ccccc2)C1. The van der Waals surface area contributed by atoms with Gasteiger partial charge in [-0.1, -0.05) is 56.5 Å². The summed E-state index contributed by atoms with van der Waals surface area (Å²) in [4.78, 5) is 12.9. The van der Waals surface area contributed by atoms with Gasteiger partial charge in [0, 0.05) is 11.3 Å². The standard InChI is InChI=1S/C18H26O/c1-4-14-9-8-10-15(13-14)17(19)18(2,3)16-11-6-5-7-12-16/h5-7,11-12,14-15H,4,8-10,13H2,1-3H3. The summed E-state index contributed by atoms with van der Waals surface area (Å²) in [6.07, 6.45) is 5.94. The van der Waals surface area contributed by atoms with Crippen LogP contribution in [0.5, 0.6) is 0 Å². The molecular weight excluding hydrogens is 232 g/mol. The lowest BCUT2D eigenvalue weighted by atomic mass is 9.69. The molecule has 1 fully saturated rings. The molecule has 19 heavy (non-hydrogen) atoms. The molecule has 0 radical (unpaired) electrons. The van der Waals surface area contributed by atoms with E-state index in [2.05, 4.69) is 32.9 Å². The maximum atomic E-state index is 12.9. The summed E-state index contributed by atoms with van der Waals surface area (Å²) in [5.74, 6) is 1.47. The number of carbonyl (C=O) groups excluding carboxylic acids is 1. The van der Waals surface area contributed by atoms with Gasteiger partial charge in [0.25, 0.3) is 0 Å². The van der Waals surface area contributed by atoms with E-state index in [0.29, 0.717) is 5.78 Å². The van der Waals surface area contributed by atoms with Gasteiger partial charge in [0.2, 0.25) is 0 Å². The van der Waals surface area contributed by atoms with Crippen molar-refractivity contribution < 1.29 is 4.79 Å². The predicted molar refractivity (Wildman–Crippen MR) is 80.2 cm³/mol. The molecule has 1 saturated carbocycles. The molecular formula is C18H26O. The minimum Gasteiger partial charge on any atom is -0.298 e. The Kier molecular flexibility index (Phi) is 4.44. The number of ketones is 1. The van der Waals surface area contributed by atoms with Crippen LogP contribution in [0.1, 0.15) is 58.4 Å². The molecule has 1 heteroatoms. The van der Waals surface area contributed by atoms with E-state index in [-0.39, 0.29) is 11.3 Å². The first kappa shape index (κ1) is 14.3. The molecule has 1 aromatic rings. The van der Waals surface area contributed by atoms with Gasteiger partial charge in [0.15, 0.2) is 0 Å². The first-order chi connectivity index (χ1) is 9.05. The van der Waals surface area contributed by atoms with Crippen molar-refractivity contribution in [2.24, 2.45) is 11.8 Å². The number of hydrogen-bond donors (Lipinski definition) is 0. The van der Waals surface area contributed by atoms with Gasteiger partial charge in [-0.05, 0) is 38.2 Å². The summed E-state index contributed by atoms with van der Waals surface area (Å²) in [5, 5.41) is 0. The van der Waals surface area contributed by atoms with Crippen LogP contribution in [0.2, 0.25) is 0 Å². The average Bonchev–Trinajstić information content (AvgIpc) is 2.47. The maximum Gasteiger partial charge on any atom is 0.145 e. The van der Waals surface area contributed by atoms with Gasteiger partial charge in [-0.15, -0.1) is 0 Å². The minimum atomic E-state index is -0.346. The van der Waals surface area contributed by atoms with Crippen LogP contribution in [0, 0.1) is 11.8 Å². The van der Waals surface area contributed by atoms with Crippen molar-refractivity contribution in [3.8, 4) is 0 Å². The lowest BCUT2D eigenvalue weighted by Crippen LogP contribution is -2.37. The third-order valence-corrected chi connectivity index (χ3v) is 4.84. The summed E-state index contributed by atoms with van der Waals surface area (Å²) in [5.41, 5.74) is 0.806. The topological polar surface area (TPSA) is 17.1 Å². The van der Waals surface area contributed by atoms with Crippen LogP contribution in [-0.2, 0) is 10.2 Å². The van der Waals surface area contributed by atoms with E-state index < -0.39 is 0 Å². The average molecular weight is 258 g/mol. The monoisotopic (exact) mass is 258 g/mol. The zero-order chi connectivity index (χ0) is 13.9. The summed E-state index contributed by atoms with van der Waals surface area (Å²) < 4.78 is 0. The highest BCUT2D eigenvalue weighted by Gasteiger charge is 2.36. The Morgan fingerprint density at radius 3 is 2.53 bits per heavy atom. The molecule has 0 aromatic heterocycles. The second kappa shape index (κ2) is 5.90. The molecule has 104 valence electrons. The Balaban J connectivity index is 2.14. The van der Waals surface area contributed by atoms with Crippen LogP contribution < -0.4 is 0 Å². The van der Waals surface area contributed by atoms with Crippen molar-refractivity contribution in [1.82, 2.24) is 0 Å². The van der Waals surface area contributed by atoms with Gasteiger partial charge < -0.3 is 0 Å². The van der Waals surface area contributed by atoms with Gasteiger partial charge in [-0.25, -0.2) is 0 Å². The predicted octanol–water partition coefficient (Wildman–Crippen LogP) is 4.75. The smallest absolute Gasteiger partial charge is 0.145 e. The van der Waals surface area contributed by atoms with E-state index in [9.17, 15) is 4.79 Å². The highest BCUT2D eigenvalue weighted by atomic mass is 16.1. The molecule has 0 bridgehead atoms. The van der Waals surface area contributed by atoms with Crippen LogP contribution in [-0.4, -0.2) is 5.78 Å². The minimum absolute atomic E-state index is 0.272. The zero-order valence-corrected chi connectivity index (χ0v) is 12.5. The van der Waals surface area contributed by atoms with Gasteiger partial charge >= 0.3 is 0 Å². The Hall–Kier alpha value is -1.11. The third kappa shape index (κ3) is 3.08. The molecule has 1 aliphatic rings. The fourth-order valence-electron chi connectivity index (χ4n) is 3.41. The van der Waals surface area contributed by atoms with Crippen molar-refractivity contribution in [2.75, 3.05) is 0 Å². The summed E-state index contributed by atoms with van der Waals surface area (Å²) in [7, 11) is 0. The van der Waals surface area contributed by atoms with E-state index in [4.69, 9.17) is 0 Å². The second-order valence-electron chi connectivity index (χ2n) is 6.49. The van der Waals surface area contributed by atoms with E-state index in [1.54, 1.807) is 0 Å². The summed E-state index contributed by atoms with van der Waals surface area (Å²) in [6, 6.07) is 10.2. The normalized spacial score (nSPS) is 24.2. The van der Waals surface area contributed by atoms with Gasteiger partial charge in [-0.2, -0.15) is 0 Å². The summed E-state index contributed by atoms with van der Waals surface area (Å²) in [6.45, 7) is 6.42. The van der Waals surface area contributed by atoms with Crippen LogP contribution >= 0.6 is 0 Å². The summed E-state index contributed by atoms with van der Waals surface area (Å²) >= 11 is 0. The molecule has 0 amide bonds. The Bertz CT molecular complexity index is 419. The molecule has 1 aliphatic carbocycles. The molecule has 2 unspecified atom stereocenters. The van der Waals surface area contributed by atoms with E-state index in [0.717, 1.165) is 24.3 Å². The molecule has 0 N–H and O–H groups in total. The first-order valence-corrected chi connectivity index (χ1v) is 7.65. The van der Waals surface area contributed by atoms with E-state index in [1.165, 1.54) is 19.3 Å². The van der Waals surface area contributed by atoms with Crippen molar-refractivity contribution in [3.05, 3.63) is 35.9 Å². The Morgan fingerprint density at radius 1 is 1.21 bits per heavy atom. The number of Topliss-reactive ketones (excluding diaryl/α,β-unsaturated/α-hetero) is 1. The Labute approximate surface area is 117 Å². The highest BCUT2D eigenvalue weighted by molar-refractivity contribution is 5.91. The highest BCUT2D eigenvalue weighted by Crippen LogP contribution is 2.37. The van der Waals surface area contributed by atoms with Crippen molar-refractivity contribution in [1.29, 1.82) is 0 Å². The first-order valence-electron chi connectivity index (χ1n) is 7.65. The molecule has 1 aromatic carbocycles. The van der Waals surface area contributed by atoms with Crippen molar-refractivity contribution >= 4 is 5.78 Å². The molecule has 0 spiro atoms. The van der Waals surface area contributed by atoms with Crippen molar-refractivity contribution in [2.45, 2.75) is 58.3 Å². The fraction of sp³-hybridized carbons (Fsp3) is 0.611. The quantitative estimate of drug-likeness (QED) is 0.761. The molecule has 2 rings (SSSR count). The van der Waals surface area contributed by atoms with Crippen LogP contribution in [0.4, 0.5) is 0 Å². The number of benzene rings is 1. The van der Waals surface area contributed by atoms with Crippen LogP contribution in [0.3, 0.4) is 0 Å². The fourth-order valence-corrected chi connectivity index (χ4v) is 3.41. The van der Waals surface area contributed by atoms with E-state index in [1.807, 2.05) is 18.2 Å². The largest absolute Gasteiger partial charge is 0.298 e. The van der Waals surface area contributed by atoms with Gasteiger partial charge in [0.05, 0.1) is 0 Å². The van der Waals surface area contributed by atoms with E-state index >= 15 is 0 Å². The van der Waals surface area contributed by atoms with Crippen molar-refractivity contribution in [3.63, 3.8) is 0 Å². The molecule has 0 heterocycles. The molecule has 0 aliphatic heterocycles. The van der Waals surface area contributed by atoms with Crippen LogP contribution in [0.15, 0.2) is 30.3 Å². The van der Waals surface area contributed by atoms with Crippen LogP contribution in [0.25, 0.3) is 0 Å². The molecule has 0 saturated heterocycles. The third-order valence-electron chi connectivity index (χ3n) is 4.84. The second-order valence-corrected chi connectivity index (χ2v) is 6.49. The molecule has 1 nitrogen and oxygen atoms in total. The number of carbonyl (C=O) groups is 1.